The lowest BCUT2D eigenvalue weighted by Crippen LogP contribution is -2.53. The number of para-hydroxylation sites is 1. The minimum absolute atomic E-state index is 0.116. The maximum atomic E-state index is 13.0. The van der Waals surface area contributed by atoms with Crippen LogP contribution in [0.4, 0.5) is 15.3 Å². The van der Waals surface area contributed by atoms with Crippen LogP contribution in [-0.4, -0.2) is 23.7 Å². The van der Waals surface area contributed by atoms with Crippen molar-refractivity contribution < 1.29 is 19.1 Å². The molecule has 6 heteroatoms. The Hall–Kier alpha value is -3.80. The highest BCUT2D eigenvalue weighted by Crippen LogP contribution is 2.29. The number of ether oxygens (including phenoxy) is 2. The van der Waals surface area contributed by atoms with Gasteiger partial charge in [0.25, 0.3) is 0 Å². The zero-order valence-electron chi connectivity index (χ0n) is 16.4. The first-order valence-corrected chi connectivity index (χ1v) is 9.79. The lowest BCUT2D eigenvalue weighted by molar-refractivity contribution is 0.0798. The molecule has 30 heavy (non-hydrogen) atoms. The van der Waals surface area contributed by atoms with Crippen LogP contribution < -0.4 is 5.01 Å². The molecule has 0 fully saturated rings. The van der Waals surface area contributed by atoms with E-state index >= 15 is 0 Å². The summed E-state index contributed by atoms with van der Waals surface area (Å²) in [5, 5.41) is 2.58. The number of hydrogen-bond acceptors (Lipinski definition) is 4. The molecule has 0 atom stereocenters. The van der Waals surface area contributed by atoms with Crippen LogP contribution in [0.15, 0.2) is 84.9 Å². The van der Waals surface area contributed by atoms with E-state index in [4.69, 9.17) is 9.47 Å². The van der Waals surface area contributed by atoms with Gasteiger partial charge in [-0.05, 0) is 29.2 Å². The first-order chi connectivity index (χ1) is 14.7. The van der Waals surface area contributed by atoms with Crippen molar-refractivity contribution in [3.05, 3.63) is 102 Å². The molecular weight excluding hydrogens is 380 g/mol. The van der Waals surface area contributed by atoms with Crippen molar-refractivity contribution in [1.82, 2.24) is 5.01 Å². The number of nitrogens with zero attached hydrogens (tertiary/aromatic N) is 2. The van der Waals surface area contributed by atoms with Gasteiger partial charge in [-0.3, -0.25) is 0 Å². The lowest BCUT2D eigenvalue weighted by atomic mass is 10.1. The van der Waals surface area contributed by atoms with E-state index in [1.807, 2.05) is 78.9 Å². The van der Waals surface area contributed by atoms with Crippen molar-refractivity contribution in [2.24, 2.45) is 0 Å². The third-order valence-corrected chi connectivity index (χ3v) is 4.85. The monoisotopic (exact) mass is 402 g/mol. The maximum absolute atomic E-state index is 13.0. The van der Waals surface area contributed by atoms with Crippen molar-refractivity contribution in [3.63, 3.8) is 0 Å². The van der Waals surface area contributed by atoms with Gasteiger partial charge in [0.2, 0.25) is 0 Å². The van der Waals surface area contributed by atoms with Crippen LogP contribution in [0.25, 0.3) is 0 Å². The predicted octanol–water partition coefficient (Wildman–Crippen LogP) is 4.94. The summed E-state index contributed by atoms with van der Waals surface area (Å²) >= 11 is 0. The molecule has 0 radical (unpaired) electrons. The van der Waals surface area contributed by atoms with Gasteiger partial charge in [-0.2, -0.15) is 5.01 Å². The van der Waals surface area contributed by atoms with Crippen LogP contribution in [-0.2, 0) is 29.1 Å². The SMILES string of the molecule is O=C(OCc1ccccc1)N1CCc2ccccc2N1C(=O)OCc1ccccc1. The number of fused-ring (bicyclic) bond motifs is 1. The Balaban J connectivity index is 1.51. The highest BCUT2D eigenvalue weighted by Gasteiger charge is 2.34. The first-order valence-electron chi connectivity index (χ1n) is 9.79. The third-order valence-electron chi connectivity index (χ3n) is 4.85. The van der Waals surface area contributed by atoms with Gasteiger partial charge >= 0.3 is 12.2 Å². The molecule has 6 nitrogen and oxygen atoms in total. The Labute approximate surface area is 175 Å². The molecule has 0 spiro atoms. The smallest absolute Gasteiger partial charge is 0.434 e. The second kappa shape index (κ2) is 9.13. The summed E-state index contributed by atoms with van der Waals surface area (Å²) in [6.07, 6.45) is -0.591. The van der Waals surface area contributed by atoms with Crippen LogP contribution in [0.3, 0.4) is 0 Å². The Morgan fingerprint density at radius 3 is 1.87 bits per heavy atom. The second-order valence-electron chi connectivity index (χ2n) is 6.89. The fourth-order valence-corrected chi connectivity index (χ4v) is 3.33. The quantitative estimate of drug-likeness (QED) is 0.620. The number of hydrazine groups is 1. The summed E-state index contributed by atoms with van der Waals surface area (Å²) in [4.78, 5) is 25.8. The van der Waals surface area contributed by atoms with Crippen LogP contribution in [0.5, 0.6) is 0 Å². The molecule has 2 amide bonds. The summed E-state index contributed by atoms with van der Waals surface area (Å²) in [7, 11) is 0. The second-order valence-corrected chi connectivity index (χ2v) is 6.89. The molecule has 152 valence electrons. The minimum atomic E-state index is -0.623. The first kappa shape index (κ1) is 19.5. The van der Waals surface area contributed by atoms with Crippen LogP contribution in [0, 0.1) is 0 Å². The summed E-state index contributed by atoms with van der Waals surface area (Å²) in [5.74, 6) is 0. The van der Waals surface area contributed by atoms with Crippen LogP contribution >= 0.6 is 0 Å². The molecule has 0 bridgehead atoms. The number of hydrogen-bond donors (Lipinski definition) is 0. The molecule has 1 heterocycles. The Bertz CT molecular complexity index is 1010. The van der Waals surface area contributed by atoms with E-state index in [1.165, 1.54) is 10.0 Å². The van der Waals surface area contributed by atoms with E-state index in [-0.39, 0.29) is 13.2 Å². The standard InChI is InChI=1S/C24H22N2O4/c27-23(29-17-19-9-3-1-4-10-19)25-16-15-21-13-7-8-14-22(21)26(25)24(28)30-18-20-11-5-2-6-12-20/h1-14H,15-18H2. The van der Waals surface area contributed by atoms with E-state index in [0.717, 1.165) is 16.7 Å². The number of amides is 2. The molecule has 0 aromatic heterocycles. The van der Waals surface area contributed by atoms with Crippen LogP contribution in [0.1, 0.15) is 16.7 Å². The van der Waals surface area contributed by atoms with E-state index in [1.54, 1.807) is 6.07 Å². The summed E-state index contributed by atoms with van der Waals surface area (Å²) in [6, 6.07) is 26.3. The summed E-state index contributed by atoms with van der Waals surface area (Å²) in [6.45, 7) is 0.570. The molecule has 0 unspecified atom stereocenters. The van der Waals surface area contributed by atoms with Gasteiger partial charge in [0.05, 0.1) is 12.2 Å². The largest absolute Gasteiger partial charge is 0.443 e. The van der Waals surface area contributed by atoms with Gasteiger partial charge in [-0.15, -0.1) is 0 Å². The van der Waals surface area contributed by atoms with Gasteiger partial charge < -0.3 is 9.47 Å². The number of carbonyl (C=O) groups excluding carboxylic acids is 2. The molecular formula is C24H22N2O4. The average molecular weight is 402 g/mol. The van der Waals surface area contributed by atoms with Gasteiger partial charge in [0, 0.05) is 0 Å². The topological polar surface area (TPSA) is 59.1 Å². The van der Waals surface area contributed by atoms with Gasteiger partial charge in [-0.25, -0.2) is 14.6 Å². The minimum Gasteiger partial charge on any atom is -0.443 e. The summed E-state index contributed by atoms with van der Waals surface area (Å²) in [5.41, 5.74) is 3.34. The molecule has 3 aromatic carbocycles. The maximum Gasteiger partial charge on any atom is 0.434 e. The third kappa shape index (κ3) is 4.43. The molecule has 0 saturated heterocycles. The molecule has 1 aliphatic heterocycles. The highest BCUT2D eigenvalue weighted by atomic mass is 16.6. The average Bonchev–Trinajstić information content (AvgIpc) is 2.81. The Morgan fingerprint density at radius 1 is 0.700 bits per heavy atom. The molecule has 0 N–H and O–H groups in total. The zero-order valence-corrected chi connectivity index (χ0v) is 16.4. The Kier molecular flexibility index (Phi) is 5.94. The predicted molar refractivity (Wildman–Crippen MR) is 113 cm³/mol. The van der Waals surface area contributed by atoms with Gasteiger partial charge in [-0.1, -0.05) is 78.9 Å². The van der Waals surface area contributed by atoms with E-state index in [0.29, 0.717) is 18.7 Å². The normalized spacial score (nSPS) is 12.8. The summed E-state index contributed by atoms with van der Waals surface area (Å²) < 4.78 is 11.0. The fourth-order valence-electron chi connectivity index (χ4n) is 3.33. The van der Waals surface area contributed by atoms with Crippen molar-refractivity contribution in [2.45, 2.75) is 19.6 Å². The zero-order chi connectivity index (χ0) is 20.8. The molecule has 4 rings (SSSR count). The lowest BCUT2D eigenvalue weighted by Gasteiger charge is -2.37. The van der Waals surface area contributed by atoms with Crippen molar-refractivity contribution in [2.75, 3.05) is 11.6 Å². The Morgan fingerprint density at radius 2 is 1.23 bits per heavy atom. The van der Waals surface area contributed by atoms with Crippen LogP contribution in [0.2, 0.25) is 0 Å². The number of carbonyl (C=O) groups is 2. The van der Waals surface area contributed by atoms with Gasteiger partial charge in [0.15, 0.2) is 0 Å². The van der Waals surface area contributed by atoms with Crippen molar-refractivity contribution in [3.8, 4) is 0 Å². The van der Waals surface area contributed by atoms with E-state index < -0.39 is 12.2 Å². The fraction of sp³-hybridized carbons (Fsp3) is 0.167. The molecule has 0 saturated carbocycles. The number of benzene rings is 3. The van der Waals surface area contributed by atoms with E-state index in [9.17, 15) is 9.59 Å². The highest BCUT2D eigenvalue weighted by molar-refractivity contribution is 5.92. The van der Waals surface area contributed by atoms with Crippen molar-refractivity contribution >= 4 is 17.9 Å². The van der Waals surface area contributed by atoms with E-state index in [2.05, 4.69) is 0 Å². The molecule has 1 aliphatic rings. The molecule has 3 aromatic rings. The number of anilines is 1. The van der Waals surface area contributed by atoms with Crippen molar-refractivity contribution in [1.29, 1.82) is 0 Å². The van der Waals surface area contributed by atoms with Gasteiger partial charge in [0.1, 0.15) is 13.2 Å². The molecule has 0 aliphatic carbocycles. The number of rotatable bonds is 4.